The number of nitrogens with zero attached hydrogens (tertiary/aromatic N) is 4. The Morgan fingerprint density at radius 3 is 2.53 bits per heavy atom. The van der Waals surface area contributed by atoms with Crippen molar-refractivity contribution in [2.24, 2.45) is 0 Å². The molecule has 5 rings (SSSR count). The van der Waals surface area contributed by atoms with E-state index >= 15 is 0 Å². The number of anilines is 1. The number of fused-ring (bicyclic) bond motifs is 1. The summed E-state index contributed by atoms with van der Waals surface area (Å²) >= 11 is 0. The van der Waals surface area contributed by atoms with Gasteiger partial charge in [-0.15, -0.1) is 0 Å². The zero-order chi connectivity index (χ0) is 23.5. The molecule has 2 heterocycles. The van der Waals surface area contributed by atoms with E-state index in [0.29, 0.717) is 29.6 Å². The summed E-state index contributed by atoms with van der Waals surface area (Å²) in [5.74, 6) is 1.57. The second-order valence-electron chi connectivity index (χ2n) is 8.04. The van der Waals surface area contributed by atoms with Crippen LogP contribution in [0, 0.1) is 13.8 Å². The first-order valence-electron chi connectivity index (χ1n) is 11.0. The molecule has 0 saturated heterocycles. The lowest BCUT2D eigenvalue weighted by molar-refractivity contribution is -0.115. The molecule has 0 atom stereocenters. The summed E-state index contributed by atoms with van der Waals surface area (Å²) in [4.78, 5) is 21.1. The maximum absolute atomic E-state index is 12.6. The van der Waals surface area contributed by atoms with Crippen LogP contribution in [0.2, 0.25) is 0 Å². The van der Waals surface area contributed by atoms with Crippen LogP contribution in [0.1, 0.15) is 17.0 Å². The van der Waals surface area contributed by atoms with E-state index in [1.807, 2.05) is 62.4 Å². The molecule has 34 heavy (non-hydrogen) atoms. The van der Waals surface area contributed by atoms with Crippen LogP contribution >= 0.6 is 0 Å². The van der Waals surface area contributed by atoms with E-state index < -0.39 is 0 Å². The zero-order valence-electron chi connectivity index (χ0n) is 18.9. The second-order valence-corrected chi connectivity index (χ2v) is 8.04. The van der Waals surface area contributed by atoms with Gasteiger partial charge in [0.05, 0.1) is 12.1 Å². The first-order chi connectivity index (χ1) is 16.5. The van der Waals surface area contributed by atoms with Gasteiger partial charge in [-0.25, -0.2) is 14.6 Å². The molecule has 0 bridgehead atoms. The van der Waals surface area contributed by atoms with E-state index in [0.717, 1.165) is 27.7 Å². The fourth-order valence-corrected chi connectivity index (χ4v) is 3.91. The number of benzene rings is 3. The summed E-state index contributed by atoms with van der Waals surface area (Å²) < 4.78 is 7.63. The first kappa shape index (κ1) is 21.3. The van der Waals surface area contributed by atoms with Crippen molar-refractivity contribution in [2.45, 2.75) is 20.3 Å². The number of aryl methyl sites for hydroxylation is 2. The number of rotatable bonds is 6. The summed E-state index contributed by atoms with van der Waals surface area (Å²) in [6, 6.07) is 25.0. The van der Waals surface area contributed by atoms with E-state index in [4.69, 9.17) is 4.74 Å². The molecule has 0 unspecified atom stereocenters. The van der Waals surface area contributed by atoms with Crippen LogP contribution in [-0.4, -0.2) is 25.7 Å². The minimum absolute atomic E-state index is 0.0738. The normalized spacial score (nSPS) is 10.9. The van der Waals surface area contributed by atoms with Crippen LogP contribution in [0.5, 0.6) is 11.6 Å². The minimum atomic E-state index is -0.0738. The van der Waals surface area contributed by atoms with Gasteiger partial charge in [0.15, 0.2) is 5.82 Å². The van der Waals surface area contributed by atoms with Crippen LogP contribution in [0.3, 0.4) is 0 Å². The Kier molecular flexibility index (Phi) is 5.74. The van der Waals surface area contributed by atoms with E-state index in [-0.39, 0.29) is 5.91 Å². The predicted molar refractivity (Wildman–Crippen MR) is 131 cm³/mol. The molecule has 3 aromatic carbocycles. The smallest absolute Gasteiger partial charge is 0.228 e. The summed E-state index contributed by atoms with van der Waals surface area (Å²) in [5, 5.41) is 9.61. The molecule has 0 aliphatic carbocycles. The van der Waals surface area contributed by atoms with Crippen molar-refractivity contribution in [2.75, 3.05) is 5.32 Å². The van der Waals surface area contributed by atoms with Gasteiger partial charge in [-0.05, 0) is 60.5 Å². The van der Waals surface area contributed by atoms with Gasteiger partial charge >= 0.3 is 0 Å². The molecule has 5 aromatic rings. The Labute approximate surface area is 197 Å². The molecule has 1 N–H and O–H groups in total. The number of hydrogen-bond acceptors (Lipinski definition) is 5. The molecule has 0 spiro atoms. The molecule has 0 radical (unpaired) electrons. The van der Waals surface area contributed by atoms with Crippen LogP contribution in [0.25, 0.3) is 16.6 Å². The third-order valence-corrected chi connectivity index (χ3v) is 5.45. The van der Waals surface area contributed by atoms with Gasteiger partial charge in [-0.2, -0.15) is 5.10 Å². The quantitative estimate of drug-likeness (QED) is 0.375. The molecule has 7 nitrogen and oxygen atoms in total. The summed E-state index contributed by atoms with van der Waals surface area (Å²) in [5.41, 5.74) is 3.59. The Balaban J connectivity index is 1.25. The SMILES string of the molecule is Cc1cc(C)n(-c2cc(Oc3ccc(NC(=O)Cc4cccc5ccccc45)cc3)ncn2)n1. The van der Waals surface area contributed by atoms with Crippen molar-refractivity contribution in [1.82, 2.24) is 19.7 Å². The third-order valence-electron chi connectivity index (χ3n) is 5.45. The number of ether oxygens (including phenoxy) is 1. The Morgan fingerprint density at radius 2 is 1.74 bits per heavy atom. The first-order valence-corrected chi connectivity index (χ1v) is 11.0. The molecular formula is C27H23N5O2. The zero-order valence-corrected chi connectivity index (χ0v) is 18.9. The molecule has 0 aliphatic heterocycles. The van der Waals surface area contributed by atoms with Crippen molar-refractivity contribution in [3.8, 4) is 17.4 Å². The van der Waals surface area contributed by atoms with E-state index in [9.17, 15) is 4.79 Å². The Bertz CT molecular complexity index is 1470. The van der Waals surface area contributed by atoms with Gasteiger partial charge in [0, 0.05) is 17.4 Å². The molecule has 1 amide bonds. The molecule has 2 aromatic heterocycles. The van der Waals surface area contributed by atoms with Crippen molar-refractivity contribution < 1.29 is 9.53 Å². The average Bonchev–Trinajstić information content (AvgIpc) is 3.18. The number of amides is 1. The van der Waals surface area contributed by atoms with Crippen molar-refractivity contribution in [3.05, 3.63) is 102 Å². The highest BCUT2D eigenvalue weighted by molar-refractivity contribution is 5.96. The van der Waals surface area contributed by atoms with Gasteiger partial charge in [0.25, 0.3) is 0 Å². The van der Waals surface area contributed by atoms with Crippen LogP contribution < -0.4 is 10.1 Å². The van der Waals surface area contributed by atoms with Crippen molar-refractivity contribution >= 4 is 22.4 Å². The fourth-order valence-electron chi connectivity index (χ4n) is 3.91. The minimum Gasteiger partial charge on any atom is -0.439 e. The third kappa shape index (κ3) is 4.63. The standard InChI is InChI=1S/C27H23N5O2/c1-18-14-19(2)32(31-18)25-16-27(29-17-28-25)34-23-12-10-22(11-13-23)30-26(33)15-21-8-5-7-20-6-3-4-9-24(20)21/h3-14,16-17H,15H2,1-2H3,(H,30,33). The van der Waals surface area contributed by atoms with E-state index in [2.05, 4.69) is 20.4 Å². The molecular weight excluding hydrogens is 426 g/mol. The Hall–Kier alpha value is -4.52. The maximum Gasteiger partial charge on any atom is 0.228 e. The van der Waals surface area contributed by atoms with Gasteiger partial charge in [0.1, 0.15) is 12.1 Å². The second kappa shape index (κ2) is 9.15. The van der Waals surface area contributed by atoms with Gasteiger partial charge in [-0.1, -0.05) is 42.5 Å². The van der Waals surface area contributed by atoms with Gasteiger partial charge in [0.2, 0.25) is 11.8 Å². The number of carbonyl (C=O) groups is 1. The highest BCUT2D eigenvalue weighted by Gasteiger charge is 2.10. The largest absolute Gasteiger partial charge is 0.439 e. The van der Waals surface area contributed by atoms with Gasteiger partial charge in [-0.3, -0.25) is 4.79 Å². The van der Waals surface area contributed by atoms with Crippen molar-refractivity contribution in [1.29, 1.82) is 0 Å². The highest BCUT2D eigenvalue weighted by atomic mass is 16.5. The highest BCUT2D eigenvalue weighted by Crippen LogP contribution is 2.24. The van der Waals surface area contributed by atoms with Crippen LogP contribution in [0.15, 0.2) is 85.2 Å². The molecule has 7 heteroatoms. The fraction of sp³-hybridized carbons (Fsp3) is 0.111. The van der Waals surface area contributed by atoms with Crippen molar-refractivity contribution in [3.63, 3.8) is 0 Å². The summed E-state index contributed by atoms with van der Waals surface area (Å²) in [6.07, 6.45) is 1.75. The number of carbonyl (C=O) groups excluding carboxylic acids is 1. The maximum atomic E-state index is 12.6. The lowest BCUT2D eigenvalue weighted by Crippen LogP contribution is -2.14. The predicted octanol–water partition coefficient (Wildman–Crippen LogP) is 5.41. The average molecular weight is 450 g/mol. The molecule has 168 valence electrons. The van der Waals surface area contributed by atoms with Crippen LogP contribution in [0.4, 0.5) is 5.69 Å². The number of hydrogen-bond donors (Lipinski definition) is 1. The van der Waals surface area contributed by atoms with Gasteiger partial charge < -0.3 is 10.1 Å². The molecule has 0 fully saturated rings. The number of nitrogens with one attached hydrogen (secondary N) is 1. The Morgan fingerprint density at radius 1 is 0.941 bits per heavy atom. The van der Waals surface area contributed by atoms with E-state index in [1.165, 1.54) is 6.33 Å². The molecule has 0 aliphatic rings. The molecule has 0 saturated carbocycles. The number of aromatic nitrogens is 4. The summed E-state index contributed by atoms with van der Waals surface area (Å²) in [6.45, 7) is 3.90. The topological polar surface area (TPSA) is 81.9 Å². The van der Waals surface area contributed by atoms with E-state index in [1.54, 1.807) is 35.0 Å². The monoisotopic (exact) mass is 449 g/mol. The van der Waals surface area contributed by atoms with Crippen LogP contribution in [-0.2, 0) is 11.2 Å². The summed E-state index contributed by atoms with van der Waals surface area (Å²) in [7, 11) is 0. The lowest BCUT2D eigenvalue weighted by atomic mass is 10.0. The lowest BCUT2D eigenvalue weighted by Gasteiger charge is -2.10.